The van der Waals surface area contributed by atoms with Crippen LogP contribution in [0.3, 0.4) is 0 Å². The molecule has 1 aromatic carbocycles. The first-order valence-electron chi connectivity index (χ1n) is 4.94. The standard InChI is InChI=1S/C14H11/c1-2-6-11(5-1)14-9-12-7-3-4-8-13(12)10-14/h1-9H,10H2. The molecule has 1 aromatic rings. The lowest BCUT2D eigenvalue weighted by atomic mass is 9.96. The number of fused-ring (bicyclic) bond motifs is 1. The molecular formula is C14H11. The van der Waals surface area contributed by atoms with Crippen molar-refractivity contribution in [3.63, 3.8) is 0 Å². The molecule has 67 valence electrons. The Morgan fingerprint density at radius 1 is 0.929 bits per heavy atom. The van der Waals surface area contributed by atoms with Gasteiger partial charge in [-0.15, -0.1) is 0 Å². The van der Waals surface area contributed by atoms with E-state index in [2.05, 4.69) is 56.0 Å². The molecule has 0 spiro atoms. The fourth-order valence-corrected chi connectivity index (χ4v) is 2.05. The summed E-state index contributed by atoms with van der Waals surface area (Å²) < 4.78 is 0. The van der Waals surface area contributed by atoms with Gasteiger partial charge in [0, 0.05) is 5.92 Å². The summed E-state index contributed by atoms with van der Waals surface area (Å²) in [6, 6.07) is 8.61. The van der Waals surface area contributed by atoms with Gasteiger partial charge in [-0.2, -0.15) is 0 Å². The van der Waals surface area contributed by atoms with E-state index < -0.39 is 0 Å². The van der Waals surface area contributed by atoms with Crippen molar-refractivity contribution in [2.24, 2.45) is 0 Å². The summed E-state index contributed by atoms with van der Waals surface area (Å²) in [7, 11) is 0. The molecular weight excluding hydrogens is 168 g/mol. The van der Waals surface area contributed by atoms with Crippen LogP contribution in [0.5, 0.6) is 0 Å². The summed E-state index contributed by atoms with van der Waals surface area (Å²) in [4.78, 5) is 0. The second kappa shape index (κ2) is 3.27. The molecule has 0 saturated heterocycles. The zero-order chi connectivity index (χ0) is 9.38. The van der Waals surface area contributed by atoms with Crippen molar-refractivity contribution in [1.29, 1.82) is 0 Å². The minimum atomic E-state index is 1.08. The van der Waals surface area contributed by atoms with Crippen molar-refractivity contribution in [2.75, 3.05) is 0 Å². The molecule has 0 atom stereocenters. The Morgan fingerprint density at radius 3 is 2.50 bits per heavy atom. The molecule has 2 aliphatic carbocycles. The maximum atomic E-state index is 2.30. The Hall–Kier alpha value is -1.04. The van der Waals surface area contributed by atoms with Gasteiger partial charge in [-0.1, -0.05) is 35.9 Å². The Labute approximate surface area is 85.6 Å². The summed E-state index contributed by atoms with van der Waals surface area (Å²) in [5.41, 5.74) is 4.27. The predicted octanol–water partition coefficient (Wildman–Crippen LogP) is 3.03. The van der Waals surface area contributed by atoms with Crippen LogP contribution in [-0.4, -0.2) is 0 Å². The van der Waals surface area contributed by atoms with Gasteiger partial charge in [0.05, 0.1) is 0 Å². The number of allylic oxidation sites excluding steroid dienone is 1. The number of rotatable bonds is 1. The minimum absolute atomic E-state index is 1.08. The zero-order valence-electron chi connectivity index (χ0n) is 7.90. The van der Waals surface area contributed by atoms with E-state index in [0.717, 1.165) is 6.42 Å². The highest BCUT2D eigenvalue weighted by Gasteiger charge is 2.24. The Balaban J connectivity index is 1.87. The summed E-state index contributed by atoms with van der Waals surface area (Å²) >= 11 is 0. The van der Waals surface area contributed by atoms with Crippen molar-refractivity contribution in [3.8, 4) is 0 Å². The summed E-state index contributed by atoms with van der Waals surface area (Å²) in [5, 5.41) is 0. The molecule has 0 heteroatoms. The summed E-state index contributed by atoms with van der Waals surface area (Å²) in [6.45, 7) is 0. The molecule has 0 nitrogen and oxygen atoms in total. The molecule has 0 heterocycles. The molecule has 0 unspecified atom stereocenters. The molecule has 2 aliphatic rings. The van der Waals surface area contributed by atoms with Crippen LogP contribution in [0, 0.1) is 31.6 Å². The average molecular weight is 179 g/mol. The van der Waals surface area contributed by atoms with Crippen molar-refractivity contribution in [3.05, 3.63) is 72.6 Å². The van der Waals surface area contributed by atoms with Gasteiger partial charge in [-0.25, -0.2) is 0 Å². The predicted molar refractivity (Wildman–Crippen MR) is 58.6 cm³/mol. The summed E-state index contributed by atoms with van der Waals surface area (Å²) in [5.74, 6) is 1.36. The maximum absolute atomic E-state index is 2.30. The topological polar surface area (TPSA) is 0 Å². The molecule has 0 amide bonds. The van der Waals surface area contributed by atoms with Crippen molar-refractivity contribution in [1.82, 2.24) is 0 Å². The highest BCUT2D eigenvalue weighted by atomic mass is 14.3. The molecule has 1 saturated carbocycles. The second-order valence-corrected chi connectivity index (χ2v) is 3.72. The molecule has 0 N–H and O–H groups in total. The maximum Gasteiger partial charge on any atom is 0.00863 e. The van der Waals surface area contributed by atoms with E-state index in [1.54, 1.807) is 0 Å². The van der Waals surface area contributed by atoms with E-state index in [1.165, 1.54) is 22.6 Å². The highest BCUT2D eigenvalue weighted by molar-refractivity contribution is 5.70. The second-order valence-electron chi connectivity index (χ2n) is 3.72. The van der Waals surface area contributed by atoms with Crippen LogP contribution in [0.2, 0.25) is 0 Å². The SMILES string of the molecule is [CH]1[CH][CH][C](C2=Cc3ccccc3C2)[CH]1. The molecule has 0 aromatic heterocycles. The van der Waals surface area contributed by atoms with Gasteiger partial charge in [0.25, 0.3) is 0 Å². The van der Waals surface area contributed by atoms with Crippen LogP contribution in [0.4, 0.5) is 0 Å². The van der Waals surface area contributed by atoms with Gasteiger partial charge >= 0.3 is 0 Å². The molecule has 0 bridgehead atoms. The van der Waals surface area contributed by atoms with E-state index >= 15 is 0 Å². The molecule has 3 rings (SSSR count). The molecule has 14 heavy (non-hydrogen) atoms. The minimum Gasteiger partial charge on any atom is -0.0619 e. The monoisotopic (exact) mass is 179 g/mol. The molecule has 1 fully saturated rings. The Morgan fingerprint density at radius 2 is 1.71 bits per heavy atom. The van der Waals surface area contributed by atoms with Crippen LogP contribution < -0.4 is 0 Å². The third-order valence-corrected chi connectivity index (χ3v) is 2.80. The van der Waals surface area contributed by atoms with E-state index in [9.17, 15) is 0 Å². The van der Waals surface area contributed by atoms with Gasteiger partial charge in [-0.05, 0) is 43.2 Å². The van der Waals surface area contributed by atoms with Crippen molar-refractivity contribution >= 4 is 6.08 Å². The van der Waals surface area contributed by atoms with Gasteiger partial charge in [0.15, 0.2) is 0 Å². The van der Waals surface area contributed by atoms with Crippen molar-refractivity contribution in [2.45, 2.75) is 6.42 Å². The van der Waals surface area contributed by atoms with Crippen LogP contribution >= 0.6 is 0 Å². The third kappa shape index (κ3) is 1.30. The van der Waals surface area contributed by atoms with Crippen molar-refractivity contribution < 1.29 is 0 Å². The van der Waals surface area contributed by atoms with Crippen LogP contribution in [0.15, 0.2) is 29.8 Å². The number of hydrogen-bond acceptors (Lipinski definition) is 0. The Bertz CT molecular complexity index is 367. The first kappa shape index (κ1) is 8.28. The van der Waals surface area contributed by atoms with Gasteiger partial charge in [0.1, 0.15) is 0 Å². The smallest absolute Gasteiger partial charge is 0.00863 e. The summed E-state index contributed by atoms with van der Waals surface area (Å²) in [6.07, 6.45) is 11.9. The van der Waals surface area contributed by atoms with E-state index in [1.807, 2.05) is 0 Å². The molecule has 0 aliphatic heterocycles. The highest BCUT2D eigenvalue weighted by Crippen LogP contribution is 2.37. The average Bonchev–Trinajstić information content (AvgIpc) is 2.86. The Kier molecular flexibility index (Phi) is 1.93. The van der Waals surface area contributed by atoms with Gasteiger partial charge < -0.3 is 0 Å². The first-order chi connectivity index (χ1) is 6.93. The zero-order valence-corrected chi connectivity index (χ0v) is 7.90. The lowest BCUT2D eigenvalue weighted by Crippen LogP contribution is -1.96. The van der Waals surface area contributed by atoms with E-state index in [-0.39, 0.29) is 0 Å². The normalized spacial score (nSPS) is 21.0. The van der Waals surface area contributed by atoms with E-state index in [4.69, 9.17) is 0 Å². The third-order valence-electron chi connectivity index (χ3n) is 2.80. The lowest BCUT2D eigenvalue weighted by molar-refractivity contribution is 1.13. The fraction of sp³-hybridized carbons (Fsp3) is 0.0714. The fourth-order valence-electron chi connectivity index (χ4n) is 2.05. The largest absolute Gasteiger partial charge is 0.0619 e. The lowest BCUT2D eigenvalue weighted by Gasteiger charge is -2.07. The molecule has 5 radical (unpaired) electrons. The van der Waals surface area contributed by atoms with Crippen LogP contribution in [0.1, 0.15) is 11.1 Å². The van der Waals surface area contributed by atoms with E-state index in [0.29, 0.717) is 0 Å². The van der Waals surface area contributed by atoms with Crippen LogP contribution in [0.25, 0.3) is 6.08 Å². The van der Waals surface area contributed by atoms with Gasteiger partial charge in [0.2, 0.25) is 0 Å². The van der Waals surface area contributed by atoms with Gasteiger partial charge in [-0.3, -0.25) is 0 Å². The van der Waals surface area contributed by atoms with Crippen LogP contribution in [-0.2, 0) is 6.42 Å². The number of benzene rings is 1. The quantitative estimate of drug-likeness (QED) is 0.621. The number of hydrogen-bond donors (Lipinski definition) is 0. The first-order valence-corrected chi connectivity index (χ1v) is 4.94.